The van der Waals surface area contributed by atoms with Crippen molar-refractivity contribution in [3.05, 3.63) is 52.1 Å². The summed E-state index contributed by atoms with van der Waals surface area (Å²) in [6.07, 6.45) is 6.61. The molecule has 0 radical (unpaired) electrons. The molecular weight excluding hydrogens is 488 g/mol. The lowest BCUT2D eigenvalue weighted by atomic mass is 9.73. The van der Waals surface area contributed by atoms with Crippen molar-refractivity contribution in [3.63, 3.8) is 0 Å². The van der Waals surface area contributed by atoms with Crippen LogP contribution in [0.4, 0.5) is 5.82 Å². The van der Waals surface area contributed by atoms with Crippen LogP contribution < -0.4 is 9.62 Å². The van der Waals surface area contributed by atoms with Crippen LogP contribution in [0.2, 0.25) is 0 Å². The van der Waals surface area contributed by atoms with Crippen LogP contribution in [0.3, 0.4) is 0 Å². The number of piperidine rings is 1. The number of pyridine rings is 1. The van der Waals surface area contributed by atoms with E-state index in [9.17, 15) is 4.21 Å². The second kappa shape index (κ2) is 7.88. The van der Waals surface area contributed by atoms with E-state index in [1.165, 1.54) is 5.56 Å². The van der Waals surface area contributed by atoms with Crippen molar-refractivity contribution in [3.8, 4) is 0 Å². The molecule has 2 atom stereocenters. The van der Waals surface area contributed by atoms with E-state index < -0.39 is 11.0 Å². The summed E-state index contributed by atoms with van der Waals surface area (Å²) in [6, 6.07) is 6.20. The molecule has 3 aromatic rings. The zero-order chi connectivity index (χ0) is 22.7. The summed E-state index contributed by atoms with van der Waals surface area (Å²) < 4.78 is 19.0. The van der Waals surface area contributed by atoms with Crippen LogP contribution in [0.1, 0.15) is 56.6 Å². The van der Waals surface area contributed by atoms with E-state index >= 15 is 0 Å². The first-order valence-corrected chi connectivity index (χ1v) is 13.0. The van der Waals surface area contributed by atoms with Gasteiger partial charge in [-0.25, -0.2) is 18.4 Å². The van der Waals surface area contributed by atoms with E-state index in [1.54, 1.807) is 0 Å². The van der Waals surface area contributed by atoms with E-state index in [0.29, 0.717) is 0 Å². The smallest absolute Gasteiger partial charge is 0.155 e. The van der Waals surface area contributed by atoms with Gasteiger partial charge in [0.1, 0.15) is 10.1 Å². The van der Waals surface area contributed by atoms with Gasteiger partial charge in [0.15, 0.2) is 5.82 Å². The van der Waals surface area contributed by atoms with E-state index in [2.05, 4.69) is 36.7 Å². The van der Waals surface area contributed by atoms with Crippen LogP contribution >= 0.6 is 15.9 Å². The highest BCUT2D eigenvalue weighted by atomic mass is 79.9. The summed E-state index contributed by atoms with van der Waals surface area (Å²) >= 11 is 3.61. The Kier molecular flexibility index (Phi) is 5.41. The summed E-state index contributed by atoms with van der Waals surface area (Å²) in [5.74, 6) is 0.981. The molecule has 1 aliphatic carbocycles. The highest BCUT2D eigenvalue weighted by Gasteiger charge is 2.49. The quantitative estimate of drug-likeness (QED) is 0.566. The molecule has 1 fully saturated rings. The van der Waals surface area contributed by atoms with Gasteiger partial charge in [0.05, 0.1) is 39.4 Å². The molecule has 32 heavy (non-hydrogen) atoms. The van der Waals surface area contributed by atoms with Gasteiger partial charge in [-0.3, -0.25) is 4.98 Å². The molecule has 0 bridgehead atoms. The van der Waals surface area contributed by atoms with E-state index in [0.717, 1.165) is 59.7 Å². The van der Waals surface area contributed by atoms with Gasteiger partial charge >= 0.3 is 0 Å². The highest BCUT2D eigenvalue weighted by molar-refractivity contribution is 9.10. The van der Waals surface area contributed by atoms with Crippen LogP contribution in [0.25, 0.3) is 5.52 Å². The fraction of sp³-hybridized carbons (Fsp3) is 0.522. The number of rotatable bonds is 3. The maximum absolute atomic E-state index is 13.1. The topological polar surface area (TPSA) is 75.4 Å². The van der Waals surface area contributed by atoms with Gasteiger partial charge in [-0.2, -0.15) is 5.10 Å². The first-order valence-electron chi connectivity index (χ1n) is 11.1. The van der Waals surface area contributed by atoms with E-state index in [-0.39, 0.29) is 16.2 Å². The Morgan fingerprint density at radius 2 is 1.97 bits per heavy atom. The summed E-state index contributed by atoms with van der Waals surface area (Å²) in [6.45, 7) is 9.82. The molecule has 3 aromatic heterocycles. The number of hydrogen-bond acceptors (Lipinski definition) is 5. The van der Waals surface area contributed by atoms with Crippen LogP contribution in [-0.4, -0.2) is 41.6 Å². The van der Waals surface area contributed by atoms with Crippen molar-refractivity contribution >= 4 is 38.3 Å². The van der Waals surface area contributed by atoms with Crippen LogP contribution in [0.15, 0.2) is 35.2 Å². The molecule has 1 spiro atoms. The molecule has 9 heteroatoms. The number of halogens is 1. The van der Waals surface area contributed by atoms with E-state index in [4.69, 9.17) is 9.97 Å². The molecule has 5 rings (SSSR count). The monoisotopic (exact) mass is 516 g/mol. The molecule has 0 aromatic carbocycles. The summed E-state index contributed by atoms with van der Waals surface area (Å²) in [7, 11) is -1.16. The molecule has 170 valence electrons. The molecule has 0 amide bonds. The first-order chi connectivity index (χ1) is 15.2. The summed E-state index contributed by atoms with van der Waals surface area (Å²) in [4.78, 5) is 12.0. The minimum absolute atomic E-state index is 0.00416. The van der Waals surface area contributed by atoms with Crippen molar-refractivity contribution < 1.29 is 4.21 Å². The predicted molar refractivity (Wildman–Crippen MR) is 131 cm³/mol. The number of nitrogens with zero attached hydrogens (tertiary/aromatic N) is 5. The van der Waals surface area contributed by atoms with Gasteiger partial charge < -0.3 is 4.90 Å². The first kappa shape index (κ1) is 22.0. The maximum atomic E-state index is 13.1. The zero-order valence-corrected chi connectivity index (χ0v) is 21.3. The van der Waals surface area contributed by atoms with Crippen LogP contribution in [-0.2, 0) is 17.4 Å². The third kappa shape index (κ3) is 3.58. The lowest BCUT2D eigenvalue weighted by Crippen LogP contribution is -2.48. The molecule has 4 heterocycles. The average Bonchev–Trinajstić information content (AvgIpc) is 3.35. The molecule has 0 saturated carbocycles. The summed E-state index contributed by atoms with van der Waals surface area (Å²) in [5.41, 5.74) is 4.29. The molecule has 0 unspecified atom stereocenters. The van der Waals surface area contributed by atoms with Gasteiger partial charge in [0.25, 0.3) is 0 Å². The number of aryl methyl sites for hydroxylation is 1. The molecule has 1 aliphatic heterocycles. The largest absolute Gasteiger partial charge is 0.355 e. The fourth-order valence-electron chi connectivity index (χ4n) is 5.00. The zero-order valence-electron chi connectivity index (χ0n) is 18.9. The van der Waals surface area contributed by atoms with Gasteiger partial charge in [-0.05, 0) is 86.0 Å². The van der Waals surface area contributed by atoms with Crippen molar-refractivity contribution in [1.82, 2.24) is 24.3 Å². The SMILES string of the molecule is Cc1nc(N2CCC3(CC2)Cc2cccnc2[C@H]3N[S@](=O)C(C)(C)C)c2ccnn2c1Br. The number of anilines is 1. The molecule has 1 saturated heterocycles. The summed E-state index contributed by atoms with van der Waals surface area (Å²) in [5, 5.41) is 4.45. The Balaban J connectivity index is 1.44. The fourth-order valence-corrected chi connectivity index (χ4v) is 6.30. The van der Waals surface area contributed by atoms with Crippen molar-refractivity contribution in [2.75, 3.05) is 18.0 Å². The number of fused-ring (bicyclic) bond motifs is 2. The minimum Gasteiger partial charge on any atom is -0.355 e. The van der Waals surface area contributed by atoms with Crippen LogP contribution in [0.5, 0.6) is 0 Å². The lowest BCUT2D eigenvalue weighted by molar-refractivity contribution is 0.175. The van der Waals surface area contributed by atoms with Crippen molar-refractivity contribution in [2.45, 2.75) is 57.7 Å². The third-order valence-corrected chi connectivity index (χ3v) is 9.30. The Hall–Kier alpha value is -1.84. The van der Waals surface area contributed by atoms with Crippen molar-refractivity contribution in [2.24, 2.45) is 5.41 Å². The molecule has 7 nitrogen and oxygen atoms in total. The van der Waals surface area contributed by atoms with Gasteiger partial charge in [-0.15, -0.1) is 0 Å². The second-order valence-corrected chi connectivity index (χ2v) is 12.7. The Morgan fingerprint density at radius 3 is 2.69 bits per heavy atom. The standard InChI is InChI=1S/C23H29BrN6OS/c1-15-20(24)30-17(7-11-26-30)21(27-15)29-12-8-23(9-13-29)14-16-6-5-10-25-18(16)19(23)28-32(31)22(2,3)4/h5-7,10-11,19,28H,8-9,12-14H2,1-4H3/t19-,32-/m1/s1. The molecule has 1 N–H and O–H groups in total. The Morgan fingerprint density at radius 1 is 1.22 bits per heavy atom. The molecule has 2 aliphatic rings. The normalized spacial score (nSPS) is 21.3. The highest BCUT2D eigenvalue weighted by Crippen LogP contribution is 2.52. The second-order valence-electron chi connectivity index (χ2n) is 9.95. The van der Waals surface area contributed by atoms with Gasteiger partial charge in [-0.1, -0.05) is 6.07 Å². The molecular formula is C23H29BrN6OS. The average molecular weight is 517 g/mol. The third-order valence-electron chi connectivity index (χ3n) is 6.82. The van der Waals surface area contributed by atoms with Gasteiger partial charge in [0, 0.05) is 19.3 Å². The maximum Gasteiger partial charge on any atom is 0.155 e. The van der Waals surface area contributed by atoms with Crippen LogP contribution in [0, 0.1) is 12.3 Å². The Bertz CT molecular complexity index is 1190. The minimum atomic E-state index is -1.16. The Labute approximate surface area is 199 Å². The van der Waals surface area contributed by atoms with Gasteiger partial charge in [0.2, 0.25) is 0 Å². The lowest BCUT2D eigenvalue weighted by Gasteiger charge is -2.44. The number of aromatic nitrogens is 4. The van der Waals surface area contributed by atoms with Crippen molar-refractivity contribution in [1.29, 1.82) is 0 Å². The number of hydrogen-bond donors (Lipinski definition) is 1. The van der Waals surface area contributed by atoms with E-state index in [1.807, 2.05) is 56.7 Å². The predicted octanol–water partition coefficient (Wildman–Crippen LogP) is 4.13. The number of nitrogens with one attached hydrogen (secondary N) is 1.